The van der Waals surface area contributed by atoms with Crippen molar-refractivity contribution >= 4 is 12.2 Å². The first-order chi connectivity index (χ1) is 7.49. The molecule has 6 nitrogen and oxygen atoms in total. The van der Waals surface area contributed by atoms with Gasteiger partial charge in [0.1, 0.15) is 0 Å². The molecule has 0 saturated carbocycles. The minimum absolute atomic E-state index is 0.129. The number of carbonyl (C=O) groups excluding carboxylic acids is 1. The van der Waals surface area contributed by atoms with Gasteiger partial charge in [0.2, 0.25) is 0 Å². The van der Waals surface area contributed by atoms with E-state index in [1.165, 1.54) is 4.90 Å². The van der Waals surface area contributed by atoms with Crippen molar-refractivity contribution in [3.05, 3.63) is 0 Å². The SMILES string of the molecule is CC(C)COC(=O)NC1CCN(C(=O)O)C1. The molecule has 92 valence electrons. The van der Waals surface area contributed by atoms with Crippen molar-refractivity contribution < 1.29 is 19.4 Å². The van der Waals surface area contributed by atoms with Gasteiger partial charge < -0.3 is 20.1 Å². The Labute approximate surface area is 94.6 Å². The Kier molecular flexibility index (Phi) is 4.39. The van der Waals surface area contributed by atoms with Gasteiger partial charge in [0.05, 0.1) is 12.6 Å². The number of rotatable bonds is 3. The monoisotopic (exact) mass is 230 g/mol. The molecule has 1 rings (SSSR count). The third-order valence-electron chi connectivity index (χ3n) is 2.33. The number of ether oxygens (including phenoxy) is 1. The van der Waals surface area contributed by atoms with Crippen molar-refractivity contribution in [1.29, 1.82) is 0 Å². The summed E-state index contributed by atoms with van der Waals surface area (Å²) in [6, 6.07) is -0.129. The molecule has 1 unspecified atom stereocenters. The van der Waals surface area contributed by atoms with Gasteiger partial charge in [-0.1, -0.05) is 13.8 Å². The molecule has 0 aromatic rings. The Morgan fingerprint density at radius 2 is 2.25 bits per heavy atom. The van der Waals surface area contributed by atoms with E-state index in [2.05, 4.69) is 5.32 Å². The molecule has 0 aliphatic carbocycles. The number of carbonyl (C=O) groups is 2. The summed E-state index contributed by atoms with van der Waals surface area (Å²) in [5.41, 5.74) is 0. The number of hydrogen-bond acceptors (Lipinski definition) is 3. The number of amides is 2. The number of nitrogens with one attached hydrogen (secondary N) is 1. The maximum atomic E-state index is 11.3. The number of hydrogen-bond donors (Lipinski definition) is 2. The number of nitrogens with zero attached hydrogens (tertiary/aromatic N) is 1. The molecule has 0 aromatic heterocycles. The molecule has 1 saturated heterocycles. The van der Waals surface area contributed by atoms with Crippen LogP contribution < -0.4 is 5.32 Å². The number of alkyl carbamates (subject to hydrolysis) is 1. The zero-order valence-electron chi connectivity index (χ0n) is 9.60. The van der Waals surface area contributed by atoms with Crippen LogP contribution in [0.5, 0.6) is 0 Å². The molecule has 1 fully saturated rings. The normalized spacial score (nSPS) is 19.9. The van der Waals surface area contributed by atoms with Crippen LogP contribution in [0.4, 0.5) is 9.59 Å². The van der Waals surface area contributed by atoms with Crippen LogP contribution in [0.2, 0.25) is 0 Å². The zero-order chi connectivity index (χ0) is 12.1. The quantitative estimate of drug-likeness (QED) is 0.761. The Bertz CT molecular complexity index is 268. The second kappa shape index (κ2) is 5.58. The first kappa shape index (κ1) is 12.6. The topological polar surface area (TPSA) is 78.9 Å². The van der Waals surface area contributed by atoms with E-state index in [0.717, 1.165) is 0 Å². The maximum absolute atomic E-state index is 11.3. The average molecular weight is 230 g/mol. The summed E-state index contributed by atoms with van der Waals surface area (Å²) >= 11 is 0. The highest BCUT2D eigenvalue weighted by Crippen LogP contribution is 2.09. The summed E-state index contributed by atoms with van der Waals surface area (Å²) in [7, 11) is 0. The molecule has 2 amide bonds. The highest BCUT2D eigenvalue weighted by atomic mass is 16.5. The van der Waals surface area contributed by atoms with E-state index in [4.69, 9.17) is 9.84 Å². The van der Waals surface area contributed by atoms with Crippen LogP contribution in [0.3, 0.4) is 0 Å². The molecular formula is C10H18N2O4. The highest BCUT2D eigenvalue weighted by Gasteiger charge is 2.27. The van der Waals surface area contributed by atoms with Crippen LogP contribution >= 0.6 is 0 Å². The number of carboxylic acid groups (broad SMARTS) is 1. The zero-order valence-corrected chi connectivity index (χ0v) is 9.60. The van der Waals surface area contributed by atoms with Crippen molar-refractivity contribution in [3.63, 3.8) is 0 Å². The Morgan fingerprint density at radius 3 is 2.75 bits per heavy atom. The Hall–Kier alpha value is -1.46. The molecule has 6 heteroatoms. The van der Waals surface area contributed by atoms with E-state index < -0.39 is 12.2 Å². The summed E-state index contributed by atoms with van der Waals surface area (Å²) in [5, 5.41) is 11.4. The standard InChI is InChI=1S/C10H18N2O4/c1-7(2)6-16-9(13)11-8-3-4-12(5-8)10(14)15/h7-8H,3-6H2,1-2H3,(H,11,13)(H,14,15). The largest absolute Gasteiger partial charge is 0.465 e. The van der Waals surface area contributed by atoms with Crippen LogP contribution in [-0.2, 0) is 4.74 Å². The third kappa shape index (κ3) is 3.96. The third-order valence-corrected chi connectivity index (χ3v) is 2.33. The van der Waals surface area contributed by atoms with E-state index in [9.17, 15) is 9.59 Å². The van der Waals surface area contributed by atoms with Gasteiger partial charge in [0.25, 0.3) is 0 Å². The second-order valence-electron chi connectivity index (χ2n) is 4.35. The van der Waals surface area contributed by atoms with Crippen molar-refractivity contribution in [2.45, 2.75) is 26.3 Å². The highest BCUT2D eigenvalue weighted by molar-refractivity contribution is 5.68. The predicted octanol–water partition coefficient (Wildman–Crippen LogP) is 1.12. The molecule has 1 aliphatic heterocycles. The van der Waals surface area contributed by atoms with E-state index in [1.807, 2.05) is 13.8 Å². The molecule has 2 N–H and O–H groups in total. The molecule has 1 heterocycles. The summed E-state index contributed by atoms with van der Waals surface area (Å²) in [6.07, 6.45) is -0.769. The lowest BCUT2D eigenvalue weighted by Crippen LogP contribution is -2.38. The van der Waals surface area contributed by atoms with Gasteiger partial charge in [0, 0.05) is 13.1 Å². The van der Waals surface area contributed by atoms with Gasteiger partial charge in [-0.2, -0.15) is 0 Å². The second-order valence-corrected chi connectivity index (χ2v) is 4.35. The van der Waals surface area contributed by atoms with Gasteiger partial charge in [-0.3, -0.25) is 0 Å². The van der Waals surface area contributed by atoms with Gasteiger partial charge in [-0.15, -0.1) is 0 Å². The molecule has 0 spiro atoms. The smallest absolute Gasteiger partial charge is 0.407 e. The molecule has 0 radical (unpaired) electrons. The summed E-state index contributed by atoms with van der Waals surface area (Å²) < 4.78 is 4.95. The van der Waals surface area contributed by atoms with Gasteiger partial charge in [-0.05, 0) is 12.3 Å². The van der Waals surface area contributed by atoms with Gasteiger partial charge in [-0.25, -0.2) is 9.59 Å². The van der Waals surface area contributed by atoms with Gasteiger partial charge >= 0.3 is 12.2 Å². The van der Waals surface area contributed by atoms with Crippen LogP contribution in [0.25, 0.3) is 0 Å². The fourth-order valence-electron chi connectivity index (χ4n) is 1.50. The Morgan fingerprint density at radius 1 is 1.56 bits per heavy atom. The maximum Gasteiger partial charge on any atom is 0.407 e. The summed E-state index contributed by atoms with van der Waals surface area (Å²) in [5.74, 6) is 0.296. The molecule has 16 heavy (non-hydrogen) atoms. The van der Waals surface area contributed by atoms with Crippen molar-refractivity contribution in [2.75, 3.05) is 19.7 Å². The molecule has 1 aliphatic rings. The molecular weight excluding hydrogens is 212 g/mol. The van der Waals surface area contributed by atoms with Crippen LogP contribution in [0.15, 0.2) is 0 Å². The van der Waals surface area contributed by atoms with E-state index in [1.54, 1.807) is 0 Å². The summed E-state index contributed by atoms with van der Waals surface area (Å²) in [6.45, 7) is 5.09. The van der Waals surface area contributed by atoms with Crippen molar-refractivity contribution in [3.8, 4) is 0 Å². The lowest BCUT2D eigenvalue weighted by atomic mass is 10.2. The average Bonchev–Trinajstić information content (AvgIpc) is 2.63. The lowest BCUT2D eigenvalue weighted by molar-refractivity contribution is 0.128. The van der Waals surface area contributed by atoms with Crippen molar-refractivity contribution in [1.82, 2.24) is 10.2 Å². The first-order valence-electron chi connectivity index (χ1n) is 5.40. The first-order valence-corrected chi connectivity index (χ1v) is 5.40. The van der Waals surface area contributed by atoms with Gasteiger partial charge in [0.15, 0.2) is 0 Å². The fourth-order valence-corrected chi connectivity index (χ4v) is 1.50. The minimum Gasteiger partial charge on any atom is -0.465 e. The number of likely N-dealkylation sites (tertiary alicyclic amines) is 1. The molecule has 1 atom stereocenters. The van der Waals surface area contributed by atoms with E-state index >= 15 is 0 Å². The molecule has 0 aromatic carbocycles. The predicted molar refractivity (Wildman–Crippen MR) is 57.3 cm³/mol. The van der Waals surface area contributed by atoms with Crippen LogP contribution in [0, 0.1) is 5.92 Å². The van der Waals surface area contributed by atoms with Crippen molar-refractivity contribution in [2.24, 2.45) is 5.92 Å². The summed E-state index contributed by atoms with van der Waals surface area (Å²) in [4.78, 5) is 23.2. The fraction of sp³-hybridized carbons (Fsp3) is 0.800. The Balaban J connectivity index is 2.23. The van der Waals surface area contributed by atoms with E-state index in [0.29, 0.717) is 32.0 Å². The van der Waals surface area contributed by atoms with Crippen LogP contribution in [0.1, 0.15) is 20.3 Å². The van der Waals surface area contributed by atoms with E-state index in [-0.39, 0.29) is 6.04 Å². The minimum atomic E-state index is -0.945. The van der Waals surface area contributed by atoms with Crippen LogP contribution in [-0.4, -0.2) is 47.9 Å². The lowest BCUT2D eigenvalue weighted by Gasteiger charge is -2.14. The molecule has 0 bridgehead atoms.